The van der Waals surface area contributed by atoms with Gasteiger partial charge in [0.1, 0.15) is 7.14 Å². The van der Waals surface area contributed by atoms with Crippen molar-refractivity contribution in [1.82, 2.24) is 0 Å². The van der Waals surface area contributed by atoms with Gasteiger partial charge in [-0.2, -0.15) is 0 Å². The van der Waals surface area contributed by atoms with E-state index in [0.29, 0.717) is 0 Å². The van der Waals surface area contributed by atoms with E-state index in [9.17, 15) is 4.57 Å². The molecular formula is C6H9OP. The molecule has 1 aliphatic heterocycles. The summed E-state index contributed by atoms with van der Waals surface area (Å²) in [5.41, 5.74) is 4.06. The molecule has 0 saturated carbocycles. The molecule has 2 heteroatoms. The maximum atomic E-state index is 11.1. The first-order valence-electron chi connectivity index (χ1n) is 2.60. The van der Waals surface area contributed by atoms with Gasteiger partial charge in [-0.3, -0.25) is 0 Å². The van der Waals surface area contributed by atoms with Crippen LogP contribution in [0.2, 0.25) is 0 Å². The van der Waals surface area contributed by atoms with Crippen molar-refractivity contribution >= 4 is 7.14 Å². The van der Waals surface area contributed by atoms with Crippen molar-refractivity contribution in [3.8, 4) is 0 Å². The van der Waals surface area contributed by atoms with Gasteiger partial charge < -0.3 is 4.57 Å². The molecule has 0 saturated heterocycles. The first kappa shape index (κ1) is 5.88. The molecule has 0 aliphatic carbocycles. The Labute approximate surface area is 49.5 Å². The van der Waals surface area contributed by atoms with Crippen LogP contribution >= 0.6 is 7.14 Å². The molecule has 1 heterocycles. The quantitative estimate of drug-likeness (QED) is 0.360. The average molecular weight is 128 g/mol. The summed E-state index contributed by atoms with van der Waals surface area (Å²) in [5, 5.41) is 0. The zero-order valence-corrected chi connectivity index (χ0v) is 6.03. The highest BCUT2D eigenvalue weighted by Gasteiger charge is 2.14. The van der Waals surface area contributed by atoms with Crippen molar-refractivity contribution < 1.29 is 4.57 Å². The second kappa shape index (κ2) is 1.62. The lowest BCUT2D eigenvalue weighted by Gasteiger charge is -1.97. The second-order valence-corrected chi connectivity index (χ2v) is 5.31. The van der Waals surface area contributed by atoms with Crippen LogP contribution in [-0.2, 0) is 4.57 Å². The fraction of sp³-hybridized carbons (Fsp3) is 0.500. The summed E-state index contributed by atoms with van der Waals surface area (Å²) >= 11 is 0. The van der Waals surface area contributed by atoms with E-state index in [-0.39, 0.29) is 0 Å². The minimum Gasteiger partial charge on any atom is -0.319 e. The van der Waals surface area contributed by atoms with Gasteiger partial charge in [-0.15, -0.1) is 5.73 Å². The van der Waals surface area contributed by atoms with Crippen LogP contribution in [-0.4, -0.2) is 12.8 Å². The maximum Gasteiger partial charge on any atom is 0.117 e. The third-order valence-corrected chi connectivity index (χ3v) is 2.91. The fourth-order valence-electron chi connectivity index (χ4n) is 0.809. The predicted molar refractivity (Wildman–Crippen MR) is 35.7 cm³/mol. The molecule has 1 unspecified atom stereocenters. The van der Waals surface area contributed by atoms with Crippen LogP contribution in [0.1, 0.15) is 6.92 Å². The van der Waals surface area contributed by atoms with Crippen molar-refractivity contribution in [2.45, 2.75) is 6.92 Å². The lowest BCUT2D eigenvalue weighted by molar-refractivity contribution is 0.586. The molecule has 1 rings (SSSR count). The van der Waals surface area contributed by atoms with Crippen molar-refractivity contribution in [2.24, 2.45) is 0 Å². The molecule has 0 radical (unpaired) electrons. The van der Waals surface area contributed by atoms with Gasteiger partial charge in [0, 0.05) is 12.0 Å². The summed E-state index contributed by atoms with van der Waals surface area (Å²) in [6.45, 7) is 3.75. The Morgan fingerprint density at radius 2 is 2.50 bits per heavy atom. The molecule has 0 aromatic rings. The smallest absolute Gasteiger partial charge is 0.117 e. The third kappa shape index (κ3) is 1.12. The Bertz CT molecular complexity index is 209. The van der Waals surface area contributed by atoms with Crippen molar-refractivity contribution in [2.75, 3.05) is 12.8 Å². The zero-order chi connectivity index (χ0) is 6.20. The highest BCUT2D eigenvalue weighted by molar-refractivity contribution is 7.66. The molecule has 0 N–H and O–H groups in total. The van der Waals surface area contributed by atoms with E-state index in [1.165, 1.54) is 0 Å². The SMILES string of the molecule is CC1=C=CP(C)(=O)C1. The molecule has 0 amide bonds. The second-order valence-electron chi connectivity index (χ2n) is 2.39. The average Bonchev–Trinajstić information content (AvgIpc) is 1.82. The summed E-state index contributed by atoms with van der Waals surface area (Å²) in [6.07, 6.45) is 0.743. The Kier molecular flexibility index (Phi) is 1.19. The molecule has 0 aromatic heterocycles. The van der Waals surface area contributed by atoms with E-state index in [0.717, 1.165) is 11.7 Å². The topological polar surface area (TPSA) is 17.1 Å². The summed E-state index contributed by atoms with van der Waals surface area (Å²) in [7, 11) is -1.87. The summed E-state index contributed by atoms with van der Waals surface area (Å²) in [6, 6.07) is 0. The van der Waals surface area contributed by atoms with Gasteiger partial charge in [0.15, 0.2) is 0 Å². The molecule has 1 aliphatic rings. The van der Waals surface area contributed by atoms with Gasteiger partial charge in [0.25, 0.3) is 0 Å². The summed E-state index contributed by atoms with van der Waals surface area (Å²) in [5.74, 6) is 1.71. The van der Waals surface area contributed by atoms with Crippen LogP contribution in [0.3, 0.4) is 0 Å². The largest absolute Gasteiger partial charge is 0.319 e. The first-order chi connectivity index (χ1) is 3.60. The molecule has 0 fully saturated rings. The van der Waals surface area contributed by atoms with Crippen LogP contribution in [0.4, 0.5) is 0 Å². The van der Waals surface area contributed by atoms with Crippen LogP contribution in [0.5, 0.6) is 0 Å². The van der Waals surface area contributed by atoms with Crippen LogP contribution in [0, 0.1) is 0 Å². The molecule has 0 bridgehead atoms. The Morgan fingerprint density at radius 3 is 2.62 bits per heavy atom. The Hall–Kier alpha value is -0.250. The van der Waals surface area contributed by atoms with Gasteiger partial charge in [-0.05, 0) is 19.2 Å². The minimum absolute atomic E-state index is 0.743. The van der Waals surface area contributed by atoms with Gasteiger partial charge >= 0.3 is 0 Å². The van der Waals surface area contributed by atoms with Crippen molar-refractivity contribution in [3.63, 3.8) is 0 Å². The van der Waals surface area contributed by atoms with Gasteiger partial charge in [0.2, 0.25) is 0 Å². The molecule has 44 valence electrons. The summed E-state index contributed by atoms with van der Waals surface area (Å²) < 4.78 is 11.1. The maximum absolute atomic E-state index is 11.1. The van der Waals surface area contributed by atoms with E-state index < -0.39 is 7.14 Å². The lowest BCUT2D eigenvalue weighted by Crippen LogP contribution is -1.78. The molecular weight excluding hydrogens is 119 g/mol. The van der Waals surface area contributed by atoms with E-state index in [1.807, 2.05) is 6.92 Å². The van der Waals surface area contributed by atoms with E-state index in [2.05, 4.69) is 5.73 Å². The molecule has 8 heavy (non-hydrogen) atoms. The lowest BCUT2D eigenvalue weighted by atomic mass is 10.4. The normalized spacial score (nSPS) is 35.5. The molecule has 1 atom stereocenters. The Morgan fingerprint density at radius 1 is 1.88 bits per heavy atom. The predicted octanol–water partition coefficient (Wildman–Crippen LogP) is 2.05. The number of allylic oxidation sites excluding steroid dienone is 1. The number of hydrogen-bond acceptors (Lipinski definition) is 1. The monoisotopic (exact) mass is 128 g/mol. The number of hydrogen-bond donors (Lipinski definition) is 0. The van der Waals surface area contributed by atoms with Crippen LogP contribution in [0.25, 0.3) is 0 Å². The standard InChI is InChI=1S/C6H9OP/c1-6-3-4-8(2,7)5-6/h4H,5H2,1-2H3. The molecule has 0 aromatic carbocycles. The fourth-order valence-corrected chi connectivity index (χ4v) is 2.43. The Balaban J connectivity index is 2.89. The molecule has 1 nitrogen and oxygen atoms in total. The first-order valence-corrected chi connectivity index (χ1v) is 5.00. The van der Waals surface area contributed by atoms with Crippen molar-refractivity contribution in [3.05, 3.63) is 17.1 Å². The highest BCUT2D eigenvalue weighted by Crippen LogP contribution is 2.47. The van der Waals surface area contributed by atoms with Gasteiger partial charge in [0.05, 0.1) is 0 Å². The zero-order valence-electron chi connectivity index (χ0n) is 5.14. The minimum atomic E-state index is -1.87. The van der Waals surface area contributed by atoms with Crippen LogP contribution < -0.4 is 0 Å². The van der Waals surface area contributed by atoms with Crippen LogP contribution in [0.15, 0.2) is 17.1 Å². The van der Waals surface area contributed by atoms with E-state index >= 15 is 0 Å². The van der Waals surface area contributed by atoms with Gasteiger partial charge in [-0.25, -0.2) is 0 Å². The van der Waals surface area contributed by atoms with E-state index in [4.69, 9.17) is 0 Å². The summed E-state index contributed by atoms with van der Waals surface area (Å²) in [4.78, 5) is 0. The van der Waals surface area contributed by atoms with Gasteiger partial charge in [-0.1, -0.05) is 0 Å². The highest BCUT2D eigenvalue weighted by atomic mass is 31.2. The number of rotatable bonds is 0. The molecule has 0 spiro atoms. The van der Waals surface area contributed by atoms with Crippen molar-refractivity contribution in [1.29, 1.82) is 0 Å². The third-order valence-electron chi connectivity index (χ3n) is 1.14. The van der Waals surface area contributed by atoms with E-state index in [1.54, 1.807) is 12.5 Å².